The van der Waals surface area contributed by atoms with Crippen LogP contribution in [0.2, 0.25) is 5.02 Å². The molecule has 0 aliphatic heterocycles. The van der Waals surface area contributed by atoms with Crippen molar-refractivity contribution in [1.29, 1.82) is 0 Å². The lowest BCUT2D eigenvalue weighted by Gasteiger charge is -2.17. The van der Waals surface area contributed by atoms with E-state index in [0.29, 0.717) is 5.02 Å². The third-order valence-electron chi connectivity index (χ3n) is 2.10. The van der Waals surface area contributed by atoms with Crippen molar-refractivity contribution in [3.05, 3.63) is 29.3 Å². The van der Waals surface area contributed by atoms with Gasteiger partial charge in [-0.3, -0.25) is 4.79 Å². The van der Waals surface area contributed by atoms with Gasteiger partial charge in [0.15, 0.2) is 0 Å². The summed E-state index contributed by atoms with van der Waals surface area (Å²) < 4.78 is 4.78. The Labute approximate surface area is 105 Å². The molecule has 0 saturated carbocycles. The number of methoxy groups -OCH3 is 1. The molecule has 88 valence electrons. The summed E-state index contributed by atoms with van der Waals surface area (Å²) in [6.45, 7) is 4.00. The number of carbonyl (C=O) groups excluding carboxylic acids is 1. The lowest BCUT2D eigenvalue weighted by molar-refractivity contribution is -0.140. The molecule has 1 aromatic rings. The summed E-state index contributed by atoms with van der Waals surface area (Å²) in [7, 11) is 1.41. The van der Waals surface area contributed by atoms with Crippen LogP contribution in [0.15, 0.2) is 29.2 Å². The lowest BCUT2D eigenvalue weighted by atomic mass is 10.1. The number of carbonyl (C=O) groups is 1. The van der Waals surface area contributed by atoms with Crippen LogP contribution in [-0.4, -0.2) is 18.3 Å². The highest BCUT2D eigenvalue weighted by Crippen LogP contribution is 2.30. The number of ether oxygens (including phenoxy) is 1. The minimum atomic E-state index is -0.194. The predicted molar refractivity (Wildman–Crippen MR) is 68.0 cm³/mol. The second kappa shape index (κ2) is 6.16. The molecular weight excluding hydrogens is 244 g/mol. The zero-order valence-electron chi connectivity index (χ0n) is 9.57. The number of esters is 1. The van der Waals surface area contributed by atoms with Gasteiger partial charge < -0.3 is 4.74 Å². The summed E-state index contributed by atoms with van der Waals surface area (Å²) >= 11 is 7.38. The number of halogens is 1. The maximum atomic E-state index is 11.6. The Balaban J connectivity index is 2.79. The molecular formula is C12H15ClO2S. The SMILES string of the molecule is COC(=O)C(Sc1cccc(Cl)c1)C(C)C. The molecule has 0 amide bonds. The largest absolute Gasteiger partial charge is 0.468 e. The molecule has 16 heavy (non-hydrogen) atoms. The van der Waals surface area contributed by atoms with Crippen LogP contribution in [0.5, 0.6) is 0 Å². The third-order valence-corrected chi connectivity index (χ3v) is 3.85. The number of hydrogen-bond acceptors (Lipinski definition) is 3. The minimum Gasteiger partial charge on any atom is -0.468 e. The van der Waals surface area contributed by atoms with Gasteiger partial charge in [0.2, 0.25) is 0 Å². The highest BCUT2D eigenvalue weighted by atomic mass is 35.5. The highest BCUT2D eigenvalue weighted by Gasteiger charge is 2.24. The first-order valence-electron chi connectivity index (χ1n) is 5.04. The van der Waals surface area contributed by atoms with E-state index in [4.69, 9.17) is 16.3 Å². The van der Waals surface area contributed by atoms with Crippen LogP contribution in [0.4, 0.5) is 0 Å². The summed E-state index contributed by atoms with van der Waals surface area (Å²) in [5.41, 5.74) is 0. The first-order valence-corrected chi connectivity index (χ1v) is 6.30. The molecule has 0 N–H and O–H groups in total. The molecule has 0 heterocycles. The lowest BCUT2D eigenvalue weighted by Crippen LogP contribution is -2.24. The van der Waals surface area contributed by atoms with Gasteiger partial charge in [0.25, 0.3) is 0 Å². The fourth-order valence-corrected chi connectivity index (χ4v) is 2.62. The van der Waals surface area contributed by atoms with Gasteiger partial charge in [0, 0.05) is 9.92 Å². The van der Waals surface area contributed by atoms with E-state index in [1.54, 1.807) is 0 Å². The monoisotopic (exact) mass is 258 g/mol. The Morgan fingerprint density at radius 3 is 2.62 bits per heavy atom. The van der Waals surface area contributed by atoms with Crippen LogP contribution in [0, 0.1) is 5.92 Å². The van der Waals surface area contributed by atoms with Gasteiger partial charge in [-0.15, -0.1) is 11.8 Å². The number of benzene rings is 1. The Bertz CT molecular complexity index is 366. The molecule has 1 rings (SSSR count). The minimum absolute atomic E-state index is 0.191. The predicted octanol–water partition coefficient (Wildman–Crippen LogP) is 3.63. The van der Waals surface area contributed by atoms with E-state index < -0.39 is 0 Å². The van der Waals surface area contributed by atoms with Crippen LogP contribution in [0.3, 0.4) is 0 Å². The van der Waals surface area contributed by atoms with Crippen LogP contribution < -0.4 is 0 Å². The molecule has 0 aromatic heterocycles. The van der Waals surface area contributed by atoms with Crippen LogP contribution in [0.1, 0.15) is 13.8 Å². The third kappa shape index (κ3) is 3.72. The summed E-state index contributed by atoms with van der Waals surface area (Å²) in [6, 6.07) is 7.48. The van der Waals surface area contributed by atoms with Gasteiger partial charge in [-0.1, -0.05) is 31.5 Å². The topological polar surface area (TPSA) is 26.3 Å². The molecule has 2 nitrogen and oxygen atoms in total. The van der Waals surface area contributed by atoms with Crippen molar-refractivity contribution in [3.8, 4) is 0 Å². The van der Waals surface area contributed by atoms with Gasteiger partial charge in [-0.2, -0.15) is 0 Å². The van der Waals surface area contributed by atoms with E-state index in [9.17, 15) is 4.79 Å². The van der Waals surface area contributed by atoms with Crippen molar-refractivity contribution in [2.24, 2.45) is 5.92 Å². The second-order valence-electron chi connectivity index (χ2n) is 3.76. The van der Waals surface area contributed by atoms with Crippen molar-refractivity contribution >= 4 is 29.3 Å². The van der Waals surface area contributed by atoms with Crippen molar-refractivity contribution in [3.63, 3.8) is 0 Å². The van der Waals surface area contributed by atoms with E-state index in [1.165, 1.54) is 18.9 Å². The fourth-order valence-electron chi connectivity index (χ4n) is 1.26. The van der Waals surface area contributed by atoms with Gasteiger partial charge in [-0.05, 0) is 24.1 Å². The van der Waals surface area contributed by atoms with Crippen molar-refractivity contribution in [2.75, 3.05) is 7.11 Å². The Morgan fingerprint density at radius 2 is 2.12 bits per heavy atom. The van der Waals surface area contributed by atoms with E-state index >= 15 is 0 Å². The van der Waals surface area contributed by atoms with Gasteiger partial charge in [0.1, 0.15) is 5.25 Å². The number of rotatable bonds is 4. The highest BCUT2D eigenvalue weighted by molar-refractivity contribution is 8.00. The smallest absolute Gasteiger partial charge is 0.319 e. The van der Waals surface area contributed by atoms with E-state index in [-0.39, 0.29) is 17.1 Å². The average molecular weight is 259 g/mol. The number of thioether (sulfide) groups is 1. The molecule has 4 heteroatoms. The van der Waals surface area contributed by atoms with Crippen LogP contribution in [0.25, 0.3) is 0 Å². The fraction of sp³-hybridized carbons (Fsp3) is 0.417. The Morgan fingerprint density at radius 1 is 1.44 bits per heavy atom. The molecule has 0 aliphatic rings. The molecule has 1 atom stereocenters. The molecule has 1 unspecified atom stereocenters. The summed E-state index contributed by atoms with van der Waals surface area (Å²) in [6.07, 6.45) is 0. The van der Waals surface area contributed by atoms with E-state index in [2.05, 4.69) is 0 Å². The molecule has 0 spiro atoms. The van der Waals surface area contributed by atoms with E-state index in [0.717, 1.165) is 4.90 Å². The quantitative estimate of drug-likeness (QED) is 0.609. The maximum Gasteiger partial charge on any atom is 0.319 e. The second-order valence-corrected chi connectivity index (χ2v) is 5.41. The zero-order chi connectivity index (χ0) is 12.1. The normalized spacial score (nSPS) is 12.6. The van der Waals surface area contributed by atoms with Crippen LogP contribution in [-0.2, 0) is 9.53 Å². The average Bonchev–Trinajstić information content (AvgIpc) is 2.24. The summed E-state index contributed by atoms with van der Waals surface area (Å²) in [4.78, 5) is 12.5. The molecule has 0 bridgehead atoms. The molecule has 0 fully saturated rings. The van der Waals surface area contributed by atoms with Gasteiger partial charge in [0.05, 0.1) is 7.11 Å². The summed E-state index contributed by atoms with van der Waals surface area (Å²) in [5, 5.41) is 0.487. The van der Waals surface area contributed by atoms with Gasteiger partial charge >= 0.3 is 5.97 Å². The van der Waals surface area contributed by atoms with E-state index in [1.807, 2.05) is 38.1 Å². The van der Waals surface area contributed by atoms with Crippen LogP contribution >= 0.6 is 23.4 Å². The first-order chi connectivity index (χ1) is 7.54. The zero-order valence-corrected chi connectivity index (χ0v) is 11.1. The van der Waals surface area contributed by atoms with Gasteiger partial charge in [-0.25, -0.2) is 0 Å². The van der Waals surface area contributed by atoms with Crippen molar-refractivity contribution in [2.45, 2.75) is 24.0 Å². The maximum absolute atomic E-state index is 11.6. The van der Waals surface area contributed by atoms with Crippen molar-refractivity contribution in [1.82, 2.24) is 0 Å². The molecule has 0 radical (unpaired) electrons. The Kier molecular flexibility index (Phi) is 5.16. The molecule has 0 saturated heterocycles. The first kappa shape index (κ1) is 13.4. The molecule has 1 aromatic carbocycles. The Hall–Kier alpha value is -0.670. The molecule has 0 aliphatic carbocycles. The standard InChI is InChI=1S/C12H15ClO2S/c1-8(2)11(12(14)15-3)16-10-6-4-5-9(13)7-10/h4-8,11H,1-3H3. The number of hydrogen-bond donors (Lipinski definition) is 0. The van der Waals surface area contributed by atoms with Crippen molar-refractivity contribution < 1.29 is 9.53 Å². The summed E-state index contributed by atoms with van der Waals surface area (Å²) in [5.74, 6) is 0.0245.